The summed E-state index contributed by atoms with van der Waals surface area (Å²) in [7, 11) is -0.363. The molecule has 1 unspecified atom stereocenters. The van der Waals surface area contributed by atoms with E-state index in [9.17, 15) is 13.2 Å². The first-order chi connectivity index (χ1) is 16.4. The fourth-order valence-corrected chi connectivity index (χ4v) is 5.28. The number of rotatable bonds is 10. The van der Waals surface area contributed by atoms with Crippen molar-refractivity contribution in [3.05, 3.63) is 53.6 Å². The van der Waals surface area contributed by atoms with Gasteiger partial charge in [0.05, 0.1) is 38.4 Å². The van der Waals surface area contributed by atoms with Crippen LogP contribution in [-0.4, -0.2) is 72.3 Å². The van der Waals surface area contributed by atoms with E-state index in [1.54, 1.807) is 14.2 Å². The van der Waals surface area contributed by atoms with Crippen LogP contribution in [0.4, 0.5) is 0 Å². The highest BCUT2D eigenvalue weighted by Gasteiger charge is 2.28. The van der Waals surface area contributed by atoms with Gasteiger partial charge in [-0.25, -0.2) is 13.1 Å². The van der Waals surface area contributed by atoms with E-state index in [0.717, 1.165) is 31.5 Å². The first-order valence-corrected chi connectivity index (χ1v) is 12.8. The van der Waals surface area contributed by atoms with Crippen molar-refractivity contribution in [3.8, 4) is 11.5 Å². The molecule has 0 bridgehead atoms. The van der Waals surface area contributed by atoms with Gasteiger partial charge >= 0.3 is 0 Å². The Morgan fingerprint density at radius 3 is 2.35 bits per heavy atom. The van der Waals surface area contributed by atoms with Gasteiger partial charge in [-0.2, -0.15) is 0 Å². The fraction of sp³-hybridized carbons (Fsp3) is 0.458. The number of methoxy groups -OCH3 is 2. The second kappa shape index (κ2) is 10.7. The Labute approximate surface area is 200 Å². The molecule has 4 rings (SSSR count). The van der Waals surface area contributed by atoms with E-state index in [4.69, 9.17) is 14.2 Å². The van der Waals surface area contributed by atoms with Crippen molar-refractivity contribution in [1.29, 1.82) is 0 Å². The van der Waals surface area contributed by atoms with Crippen LogP contribution >= 0.6 is 0 Å². The number of ether oxygens (including phenoxy) is 3. The van der Waals surface area contributed by atoms with Gasteiger partial charge in [-0.05, 0) is 54.8 Å². The summed E-state index contributed by atoms with van der Waals surface area (Å²) in [5.74, 6) is 1.00. The lowest BCUT2D eigenvalue weighted by Gasteiger charge is -2.35. The van der Waals surface area contributed by atoms with Gasteiger partial charge in [-0.15, -0.1) is 0 Å². The normalized spacial score (nSPS) is 17.7. The summed E-state index contributed by atoms with van der Waals surface area (Å²) in [5, 5.41) is 3.00. The number of carbonyl (C=O) groups excluding carboxylic acids is 1. The monoisotopic (exact) mass is 489 g/mol. The molecule has 1 aliphatic heterocycles. The number of nitrogens with zero attached hydrogens (tertiary/aromatic N) is 1. The number of nitrogens with one attached hydrogen (secondary N) is 2. The van der Waals surface area contributed by atoms with Crippen LogP contribution in [0.5, 0.6) is 11.5 Å². The standard InChI is InChI=1S/C24H31N3O6S/c1-31-22-10-5-18(15-23(22)32-2)21(27-11-13-33-14-12-27)16-25-24(28)17-3-8-20(9-4-17)34(29,30)26-19-6-7-19/h3-5,8-10,15,19,21,26H,6-7,11-14,16H2,1-2H3,(H,25,28). The average molecular weight is 490 g/mol. The highest BCUT2D eigenvalue weighted by Crippen LogP contribution is 2.32. The molecule has 2 fully saturated rings. The zero-order chi connectivity index (χ0) is 24.1. The Hall–Kier alpha value is -2.66. The van der Waals surface area contributed by atoms with Crippen LogP contribution < -0.4 is 19.5 Å². The minimum Gasteiger partial charge on any atom is -0.493 e. The van der Waals surface area contributed by atoms with Crippen LogP contribution in [0, 0.1) is 0 Å². The molecular formula is C24H31N3O6S. The average Bonchev–Trinajstić information content (AvgIpc) is 3.68. The molecule has 0 aromatic heterocycles. The van der Waals surface area contributed by atoms with E-state index in [-0.39, 0.29) is 22.9 Å². The Balaban J connectivity index is 1.47. The molecule has 1 aliphatic carbocycles. The smallest absolute Gasteiger partial charge is 0.251 e. The third-order valence-electron chi connectivity index (χ3n) is 6.06. The van der Waals surface area contributed by atoms with Crippen LogP contribution in [0.1, 0.15) is 34.8 Å². The van der Waals surface area contributed by atoms with Crippen molar-refractivity contribution >= 4 is 15.9 Å². The zero-order valence-electron chi connectivity index (χ0n) is 19.5. The van der Waals surface area contributed by atoms with Crippen molar-refractivity contribution in [2.75, 3.05) is 47.1 Å². The van der Waals surface area contributed by atoms with Crippen LogP contribution in [-0.2, 0) is 14.8 Å². The Kier molecular flexibility index (Phi) is 7.72. The number of benzene rings is 2. The molecule has 2 aliphatic rings. The number of hydrogen-bond acceptors (Lipinski definition) is 7. The molecule has 10 heteroatoms. The predicted octanol–water partition coefficient (Wildman–Crippen LogP) is 1.95. The Morgan fingerprint density at radius 1 is 1.06 bits per heavy atom. The van der Waals surface area contributed by atoms with Crippen LogP contribution in [0.15, 0.2) is 47.4 Å². The van der Waals surface area contributed by atoms with Gasteiger partial charge in [0.25, 0.3) is 5.91 Å². The third kappa shape index (κ3) is 5.87. The quantitative estimate of drug-likeness (QED) is 0.525. The third-order valence-corrected chi connectivity index (χ3v) is 7.60. The van der Waals surface area contributed by atoms with Crippen molar-refractivity contribution < 1.29 is 27.4 Å². The van der Waals surface area contributed by atoms with E-state index in [2.05, 4.69) is 14.9 Å². The summed E-state index contributed by atoms with van der Waals surface area (Å²) in [6.07, 6.45) is 1.73. The van der Waals surface area contributed by atoms with E-state index < -0.39 is 10.0 Å². The van der Waals surface area contributed by atoms with E-state index >= 15 is 0 Å². The van der Waals surface area contributed by atoms with Gasteiger partial charge in [-0.1, -0.05) is 6.07 Å². The molecule has 0 spiro atoms. The lowest BCUT2D eigenvalue weighted by atomic mass is 10.0. The molecule has 9 nitrogen and oxygen atoms in total. The molecule has 0 radical (unpaired) electrons. The first-order valence-electron chi connectivity index (χ1n) is 11.4. The maximum Gasteiger partial charge on any atom is 0.251 e. The highest BCUT2D eigenvalue weighted by molar-refractivity contribution is 7.89. The second-order valence-electron chi connectivity index (χ2n) is 8.41. The van der Waals surface area contributed by atoms with Crippen LogP contribution in [0.25, 0.3) is 0 Å². The van der Waals surface area contributed by atoms with Crippen molar-refractivity contribution in [2.24, 2.45) is 0 Å². The molecule has 1 heterocycles. The van der Waals surface area contributed by atoms with Gasteiger partial charge in [0.1, 0.15) is 0 Å². The SMILES string of the molecule is COc1ccc(C(CNC(=O)c2ccc(S(=O)(=O)NC3CC3)cc2)N2CCOCC2)cc1OC. The maximum atomic E-state index is 12.9. The lowest BCUT2D eigenvalue weighted by molar-refractivity contribution is 0.0162. The summed E-state index contributed by atoms with van der Waals surface area (Å²) in [5.41, 5.74) is 1.39. The Morgan fingerprint density at radius 2 is 1.74 bits per heavy atom. The van der Waals surface area contributed by atoms with Crippen molar-refractivity contribution in [1.82, 2.24) is 14.9 Å². The van der Waals surface area contributed by atoms with Gasteiger partial charge in [0.15, 0.2) is 11.5 Å². The molecule has 1 atom stereocenters. The zero-order valence-corrected chi connectivity index (χ0v) is 20.3. The van der Waals surface area contributed by atoms with E-state index in [1.165, 1.54) is 24.3 Å². The maximum absolute atomic E-state index is 12.9. The number of sulfonamides is 1. The van der Waals surface area contributed by atoms with Crippen LogP contribution in [0.3, 0.4) is 0 Å². The molecule has 2 aromatic rings. The predicted molar refractivity (Wildman–Crippen MR) is 127 cm³/mol. The molecular weight excluding hydrogens is 458 g/mol. The number of carbonyl (C=O) groups is 1. The first kappa shape index (κ1) is 24.5. The van der Waals surface area contributed by atoms with Crippen molar-refractivity contribution in [2.45, 2.75) is 29.8 Å². The molecule has 34 heavy (non-hydrogen) atoms. The summed E-state index contributed by atoms with van der Waals surface area (Å²) >= 11 is 0. The summed E-state index contributed by atoms with van der Waals surface area (Å²) in [4.78, 5) is 15.3. The van der Waals surface area contributed by atoms with Crippen LogP contribution in [0.2, 0.25) is 0 Å². The Bertz CT molecular complexity index is 1100. The topological polar surface area (TPSA) is 106 Å². The minimum absolute atomic E-state index is 0.0293. The van der Waals surface area contributed by atoms with Crippen molar-refractivity contribution in [3.63, 3.8) is 0 Å². The molecule has 2 N–H and O–H groups in total. The molecule has 1 amide bonds. The molecule has 184 valence electrons. The van der Waals surface area contributed by atoms with Gasteiger partial charge in [0, 0.05) is 31.2 Å². The molecule has 1 saturated heterocycles. The lowest BCUT2D eigenvalue weighted by Crippen LogP contribution is -2.43. The highest BCUT2D eigenvalue weighted by atomic mass is 32.2. The van der Waals surface area contributed by atoms with E-state index in [0.29, 0.717) is 36.8 Å². The number of amides is 1. The van der Waals surface area contributed by atoms with E-state index in [1.807, 2.05) is 18.2 Å². The molecule has 1 saturated carbocycles. The second-order valence-corrected chi connectivity index (χ2v) is 10.1. The summed E-state index contributed by atoms with van der Waals surface area (Å²) in [6, 6.07) is 11.7. The molecule has 2 aromatic carbocycles. The summed E-state index contributed by atoms with van der Waals surface area (Å²) in [6.45, 7) is 3.12. The van der Waals surface area contributed by atoms with Gasteiger partial charge in [0.2, 0.25) is 10.0 Å². The number of hydrogen-bond donors (Lipinski definition) is 2. The largest absolute Gasteiger partial charge is 0.493 e. The van der Waals surface area contributed by atoms with Gasteiger partial charge < -0.3 is 19.5 Å². The number of morpholine rings is 1. The van der Waals surface area contributed by atoms with Gasteiger partial charge in [-0.3, -0.25) is 9.69 Å². The minimum atomic E-state index is -3.55. The fourth-order valence-electron chi connectivity index (χ4n) is 3.97. The summed E-state index contributed by atoms with van der Waals surface area (Å²) < 4.78 is 43.7.